The molecule has 0 aliphatic heterocycles. The molecule has 84 valence electrons. The Kier molecular flexibility index (Phi) is 4.72. The van der Waals surface area contributed by atoms with Gasteiger partial charge in [-0.15, -0.1) is 0 Å². The van der Waals surface area contributed by atoms with Gasteiger partial charge in [-0.1, -0.05) is 26.0 Å². The summed E-state index contributed by atoms with van der Waals surface area (Å²) in [5, 5.41) is 0. The lowest BCUT2D eigenvalue weighted by atomic mass is 10.1. The summed E-state index contributed by atoms with van der Waals surface area (Å²) in [6, 6.07) is 6.52. The molecule has 0 spiro atoms. The summed E-state index contributed by atoms with van der Waals surface area (Å²) in [6.07, 6.45) is 0. The van der Waals surface area contributed by atoms with Crippen LogP contribution in [0.5, 0.6) is 0 Å². The minimum Gasteiger partial charge on any atom is -0.301 e. The minimum atomic E-state index is -0.218. The summed E-state index contributed by atoms with van der Waals surface area (Å²) < 4.78 is 12.9. The normalized spacial score (nSPS) is 13.1. The first kappa shape index (κ1) is 12.1. The highest BCUT2D eigenvalue weighted by atomic mass is 19.1. The van der Waals surface area contributed by atoms with Crippen LogP contribution in [0.15, 0.2) is 24.3 Å². The van der Waals surface area contributed by atoms with Crippen LogP contribution < -0.4 is 5.48 Å². The van der Waals surface area contributed by atoms with E-state index in [1.807, 2.05) is 13.0 Å². The molecule has 0 aliphatic carbocycles. The quantitative estimate of drug-likeness (QED) is 0.756. The second-order valence-electron chi connectivity index (χ2n) is 4.10. The van der Waals surface area contributed by atoms with E-state index in [2.05, 4.69) is 19.3 Å². The van der Waals surface area contributed by atoms with Crippen molar-refractivity contribution in [2.45, 2.75) is 26.8 Å². The van der Waals surface area contributed by atoms with E-state index in [4.69, 9.17) is 4.84 Å². The van der Waals surface area contributed by atoms with E-state index in [0.29, 0.717) is 12.5 Å². The smallest absolute Gasteiger partial charge is 0.123 e. The molecule has 0 bridgehead atoms. The van der Waals surface area contributed by atoms with Crippen LogP contribution in [-0.2, 0) is 4.84 Å². The second-order valence-corrected chi connectivity index (χ2v) is 4.10. The fraction of sp³-hybridized carbons (Fsp3) is 0.500. The highest BCUT2D eigenvalue weighted by Crippen LogP contribution is 2.13. The third-order valence-corrected chi connectivity index (χ3v) is 2.03. The number of halogens is 1. The summed E-state index contributed by atoms with van der Waals surface area (Å²) in [5.41, 5.74) is 3.78. The largest absolute Gasteiger partial charge is 0.301 e. The van der Waals surface area contributed by atoms with Crippen LogP contribution in [0.4, 0.5) is 4.39 Å². The number of hydrogen-bond acceptors (Lipinski definition) is 2. The molecule has 0 aliphatic rings. The standard InChI is InChI=1S/C12H18FNO/c1-9(2)8-15-14-10(3)11-5-4-6-12(13)7-11/h4-7,9-10,14H,8H2,1-3H3. The van der Waals surface area contributed by atoms with E-state index in [9.17, 15) is 4.39 Å². The van der Waals surface area contributed by atoms with Crippen molar-refractivity contribution < 1.29 is 9.23 Å². The van der Waals surface area contributed by atoms with Gasteiger partial charge in [0, 0.05) is 0 Å². The van der Waals surface area contributed by atoms with Gasteiger partial charge in [0.15, 0.2) is 0 Å². The van der Waals surface area contributed by atoms with Gasteiger partial charge in [0.05, 0.1) is 12.6 Å². The number of rotatable bonds is 5. The summed E-state index contributed by atoms with van der Waals surface area (Å²) >= 11 is 0. The fourth-order valence-corrected chi connectivity index (χ4v) is 1.18. The molecule has 0 radical (unpaired) electrons. The van der Waals surface area contributed by atoms with Gasteiger partial charge in [-0.3, -0.25) is 0 Å². The summed E-state index contributed by atoms with van der Waals surface area (Å²) in [5.74, 6) is 0.266. The maximum absolute atomic E-state index is 12.9. The lowest BCUT2D eigenvalue weighted by molar-refractivity contribution is 0.00404. The molecule has 2 nitrogen and oxygen atoms in total. The second kappa shape index (κ2) is 5.83. The first-order valence-corrected chi connectivity index (χ1v) is 5.22. The third kappa shape index (κ3) is 4.40. The number of hydrogen-bond donors (Lipinski definition) is 1. The Labute approximate surface area is 90.4 Å². The molecule has 0 amide bonds. The van der Waals surface area contributed by atoms with Crippen LogP contribution in [-0.4, -0.2) is 6.61 Å². The highest BCUT2D eigenvalue weighted by molar-refractivity contribution is 5.19. The van der Waals surface area contributed by atoms with E-state index >= 15 is 0 Å². The van der Waals surface area contributed by atoms with E-state index < -0.39 is 0 Å². The molecule has 1 aromatic carbocycles. The molecule has 0 saturated carbocycles. The van der Waals surface area contributed by atoms with Gasteiger partial charge >= 0.3 is 0 Å². The Morgan fingerprint density at radius 3 is 2.67 bits per heavy atom. The Hall–Kier alpha value is -0.930. The number of hydroxylamine groups is 1. The topological polar surface area (TPSA) is 21.3 Å². The lowest BCUT2D eigenvalue weighted by Gasteiger charge is -2.15. The van der Waals surface area contributed by atoms with Gasteiger partial charge in [0.1, 0.15) is 5.82 Å². The van der Waals surface area contributed by atoms with Crippen LogP contribution in [0.1, 0.15) is 32.4 Å². The predicted octanol–water partition coefficient (Wildman–Crippen LogP) is 3.06. The Balaban J connectivity index is 2.43. The molecule has 0 saturated heterocycles. The van der Waals surface area contributed by atoms with Crippen molar-refractivity contribution in [3.63, 3.8) is 0 Å². The van der Waals surface area contributed by atoms with Crippen molar-refractivity contribution in [1.29, 1.82) is 0 Å². The maximum Gasteiger partial charge on any atom is 0.123 e. The van der Waals surface area contributed by atoms with Crippen molar-refractivity contribution in [3.8, 4) is 0 Å². The zero-order chi connectivity index (χ0) is 11.3. The van der Waals surface area contributed by atoms with E-state index in [1.165, 1.54) is 12.1 Å². The predicted molar refractivity (Wildman–Crippen MR) is 58.7 cm³/mol. The highest BCUT2D eigenvalue weighted by Gasteiger charge is 2.05. The summed E-state index contributed by atoms with van der Waals surface area (Å²) in [7, 11) is 0. The maximum atomic E-state index is 12.9. The molecule has 1 N–H and O–H groups in total. The zero-order valence-electron chi connectivity index (χ0n) is 9.46. The molecule has 3 heteroatoms. The Morgan fingerprint density at radius 1 is 1.33 bits per heavy atom. The van der Waals surface area contributed by atoms with Crippen LogP contribution in [0.25, 0.3) is 0 Å². The van der Waals surface area contributed by atoms with Gasteiger partial charge < -0.3 is 4.84 Å². The molecule has 1 unspecified atom stereocenters. The van der Waals surface area contributed by atoms with Crippen LogP contribution in [0, 0.1) is 11.7 Å². The van der Waals surface area contributed by atoms with Crippen molar-refractivity contribution in [2.24, 2.45) is 5.92 Å². The SMILES string of the molecule is CC(C)CONC(C)c1cccc(F)c1. The number of benzene rings is 1. The molecule has 1 atom stereocenters. The van der Waals surface area contributed by atoms with Crippen molar-refractivity contribution in [3.05, 3.63) is 35.6 Å². The van der Waals surface area contributed by atoms with Crippen LogP contribution >= 0.6 is 0 Å². The first-order chi connectivity index (χ1) is 7.09. The van der Waals surface area contributed by atoms with Crippen LogP contribution in [0.3, 0.4) is 0 Å². The summed E-state index contributed by atoms with van der Waals surface area (Å²) in [4.78, 5) is 5.28. The fourth-order valence-electron chi connectivity index (χ4n) is 1.18. The molecule has 0 heterocycles. The Morgan fingerprint density at radius 2 is 2.07 bits per heavy atom. The molecule has 15 heavy (non-hydrogen) atoms. The Bertz CT molecular complexity index is 301. The zero-order valence-corrected chi connectivity index (χ0v) is 9.46. The molecular formula is C12H18FNO. The number of nitrogens with one attached hydrogen (secondary N) is 1. The molecule has 0 fully saturated rings. The van der Waals surface area contributed by atoms with E-state index in [1.54, 1.807) is 6.07 Å². The minimum absolute atomic E-state index is 0.000509. The lowest BCUT2D eigenvalue weighted by Crippen LogP contribution is -2.21. The van der Waals surface area contributed by atoms with Gasteiger partial charge in [0.2, 0.25) is 0 Å². The molecule has 0 aromatic heterocycles. The van der Waals surface area contributed by atoms with Crippen LogP contribution in [0.2, 0.25) is 0 Å². The average molecular weight is 211 g/mol. The van der Waals surface area contributed by atoms with Crippen molar-refractivity contribution in [1.82, 2.24) is 5.48 Å². The molecule has 1 rings (SSSR count). The van der Waals surface area contributed by atoms with Crippen molar-refractivity contribution >= 4 is 0 Å². The van der Waals surface area contributed by atoms with Gasteiger partial charge in [0.25, 0.3) is 0 Å². The monoisotopic (exact) mass is 211 g/mol. The third-order valence-electron chi connectivity index (χ3n) is 2.03. The van der Waals surface area contributed by atoms with Gasteiger partial charge in [-0.25, -0.2) is 4.39 Å². The molecule has 1 aromatic rings. The van der Waals surface area contributed by atoms with Gasteiger partial charge in [-0.2, -0.15) is 5.48 Å². The average Bonchev–Trinajstić information content (AvgIpc) is 2.17. The van der Waals surface area contributed by atoms with Gasteiger partial charge in [-0.05, 0) is 30.5 Å². The van der Waals surface area contributed by atoms with E-state index in [-0.39, 0.29) is 11.9 Å². The van der Waals surface area contributed by atoms with Crippen molar-refractivity contribution in [2.75, 3.05) is 6.61 Å². The van der Waals surface area contributed by atoms with E-state index in [0.717, 1.165) is 5.56 Å². The molecular weight excluding hydrogens is 193 g/mol. The summed E-state index contributed by atoms with van der Waals surface area (Å²) in [6.45, 7) is 6.75. The first-order valence-electron chi connectivity index (χ1n) is 5.22.